The summed E-state index contributed by atoms with van der Waals surface area (Å²) in [5, 5.41) is 2.96. The van der Waals surface area contributed by atoms with Crippen molar-refractivity contribution in [3.05, 3.63) is 31.2 Å². The standard InChI is InChI=1S/C13H19N5O3/c1-5-6-7-14-9-12(20)16(2)8-10(15-9)17(3)13(21)18(4)11(8)19/h5-7H2,1-4H3,(H,14,15). The van der Waals surface area contributed by atoms with Crippen molar-refractivity contribution in [3.8, 4) is 0 Å². The van der Waals surface area contributed by atoms with Crippen molar-refractivity contribution in [1.29, 1.82) is 0 Å². The van der Waals surface area contributed by atoms with Crippen LogP contribution in [0, 0.1) is 0 Å². The predicted octanol–water partition coefficient (Wildman–Crippen LogP) is -0.457. The first kappa shape index (κ1) is 15.0. The third-order valence-corrected chi connectivity index (χ3v) is 3.49. The summed E-state index contributed by atoms with van der Waals surface area (Å²) in [6.45, 7) is 2.66. The van der Waals surface area contributed by atoms with Crippen molar-refractivity contribution in [2.24, 2.45) is 21.1 Å². The van der Waals surface area contributed by atoms with Crippen molar-refractivity contribution in [2.75, 3.05) is 11.9 Å². The Morgan fingerprint density at radius 2 is 1.67 bits per heavy atom. The number of hydrogen-bond acceptors (Lipinski definition) is 5. The van der Waals surface area contributed by atoms with Gasteiger partial charge in [-0.15, -0.1) is 0 Å². The van der Waals surface area contributed by atoms with E-state index in [2.05, 4.69) is 10.3 Å². The van der Waals surface area contributed by atoms with Gasteiger partial charge in [0.15, 0.2) is 17.0 Å². The minimum absolute atomic E-state index is 0.116. The van der Waals surface area contributed by atoms with Gasteiger partial charge in [0.05, 0.1) is 0 Å². The van der Waals surface area contributed by atoms with Crippen LogP contribution in [0.4, 0.5) is 5.82 Å². The minimum atomic E-state index is -0.527. The first-order chi connectivity index (χ1) is 9.90. The van der Waals surface area contributed by atoms with Gasteiger partial charge in [-0.1, -0.05) is 13.3 Å². The summed E-state index contributed by atoms with van der Waals surface area (Å²) in [4.78, 5) is 40.5. The molecule has 0 aliphatic rings. The zero-order valence-corrected chi connectivity index (χ0v) is 12.6. The summed E-state index contributed by atoms with van der Waals surface area (Å²) in [6, 6.07) is 0. The molecule has 0 saturated heterocycles. The maximum absolute atomic E-state index is 12.2. The average Bonchev–Trinajstić information content (AvgIpc) is 2.47. The summed E-state index contributed by atoms with van der Waals surface area (Å²) in [6.07, 6.45) is 1.89. The molecule has 114 valence electrons. The van der Waals surface area contributed by atoms with Crippen LogP contribution in [0.5, 0.6) is 0 Å². The zero-order valence-electron chi connectivity index (χ0n) is 12.6. The normalized spacial score (nSPS) is 11.0. The quantitative estimate of drug-likeness (QED) is 0.771. The number of anilines is 1. The summed E-state index contributed by atoms with van der Waals surface area (Å²) in [5.74, 6) is 0.154. The molecule has 0 amide bonds. The molecule has 0 aliphatic heterocycles. The topological polar surface area (TPSA) is 90.9 Å². The van der Waals surface area contributed by atoms with Crippen LogP contribution in [0.1, 0.15) is 19.8 Å². The second-order valence-electron chi connectivity index (χ2n) is 4.98. The van der Waals surface area contributed by atoms with Gasteiger partial charge in [-0.2, -0.15) is 0 Å². The van der Waals surface area contributed by atoms with E-state index in [1.54, 1.807) is 0 Å². The molecule has 0 aromatic carbocycles. The van der Waals surface area contributed by atoms with Crippen LogP contribution >= 0.6 is 0 Å². The van der Waals surface area contributed by atoms with Crippen molar-refractivity contribution in [3.63, 3.8) is 0 Å². The van der Waals surface area contributed by atoms with Gasteiger partial charge in [-0.05, 0) is 6.42 Å². The molecule has 0 aliphatic carbocycles. The maximum Gasteiger partial charge on any atom is 0.332 e. The van der Waals surface area contributed by atoms with Gasteiger partial charge in [0.25, 0.3) is 11.1 Å². The van der Waals surface area contributed by atoms with Crippen molar-refractivity contribution in [1.82, 2.24) is 18.7 Å². The van der Waals surface area contributed by atoms with Gasteiger partial charge in [0.2, 0.25) is 0 Å². The van der Waals surface area contributed by atoms with Crippen LogP contribution in [0.3, 0.4) is 0 Å². The lowest BCUT2D eigenvalue weighted by atomic mass is 10.3. The van der Waals surface area contributed by atoms with E-state index < -0.39 is 11.2 Å². The Kier molecular flexibility index (Phi) is 3.97. The molecule has 2 heterocycles. The first-order valence-electron chi connectivity index (χ1n) is 6.80. The summed E-state index contributed by atoms with van der Waals surface area (Å²) < 4.78 is 3.47. The lowest BCUT2D eigenvalue weighted by Crippen LogP contribution is -2.40. The van der Waals surface area contributed by atoms with Gasteiger partial charge >= 0.3 is 5.69 Å². The Balaban J connectivity index is 2.79. The molecule has 2 aromatic heterocycles. The number of nitrogens with zero attached hydrogens (tertiary/aromatic N) is 4. The van der Waals surface area contributed by atoms with E-state index in [1.807, 2.05) is 6.92 Å². The molecule has 21 heavy (non-hydrogen) atoms. The number of rotatable bonds is 4. The largest absolute Gasteiger partial charge is 0.365 e. The van der Waals surface area contributed by atoms with Gasteiger partial charge in [-0.25, -0.2) is 9.78 Å². The molecule has 0 bridgehead atoms. The second-order valence-corrected chi connectivity index (χ2v) is 4.98. The monoisotopic (exact) mass is 293 g/mol. The van der Waals surface area contributed by atoms with Crippen LogP contribution in [0.25, 0.3) is 11.2 Å². The highest BCUT2D eigenvalue weighted by Gasteiger charge is 2.16. The highest BCUT2D eigenvalue weighted by Crippen LogP contribution is 2.05. The van der Waals surface area contributed by atoms with E-state index in [0.29, 0.717) is 6.54 Å². The summed E-state index contributed by atoms with van der Waals surface area (Å²) in [7, 11) is 4.41. The molecule has 0 spiro atoms. The fourth-order valence-corrected chi connectivity index (χ4v) is 2.15. The van der Waals surface area contributed by atoms with E-state index in [1.165, 1.54) is 30.3 Å². The third-order valence-electron chi connectivity index (χ3n) is 3.49. The van der Waals surface area contributed by atoms with Crippen LogP contribution in [-0.4, -0.2) is 25.2 Å². The Labute approximate surface area is 120 Å². The van der Waals surface area contributed by atoms with Crippen molar-refractivity contribution >= 4 is 17.0 Å². The Morgan fingerprint density at radius 3 is 2.29 bits per heavy atom. The smallest absolute Gasteiger partial charge is 0.332 e. The molecule has 0 fully saturated rings. The molecule has 0 saturated carbocycles. The lowest BCUT2D eigenvalue weighted by Gasteiger charge is -2.12. The highest BCUT2D eigenvalue weighted by molar-refractivity contribution is 5.71. The van der Waals surface area contributed by atoms with E-state index in [0.717, 1.165) is 17.4 Å². The Hall–Kier alpha value is -2.38. The zero-order chi connectivity index (χ0) is 15.7. The lowest BCUT2D eigenvalue weighted by molar-refractivity contribution is 0.692. The summed E-state index contributed by atoms with van der Waals surface area (Å²) in [5.41, 5.74) is -1.07. The van der Waals surface area contributed by atoms with E-state index in [4.69, 9.17) is 0 Å². The molecule has 0 radical (unpaired) electrons. The molecular formula is C13H19N5O3. The molecule has 8 nitrogen and oxygen atoms in total. The van der Waals surface area contributed by atoms with Crippen LogP contribution in [0.2, 0.25) is 0 Å². The number of aryl methyl sites for hydroxylation is 2. The average molecular weight is 293 g/mol. The Bertz CT molecular complexity index is 859. The molecule has 2 rings (SSSR count). The van der Waals surface area contributed by atoms with E-state index >= 15 is 0 Å². The van der Waals surface area contributed by atoms with Gasteiger partial charge < -0.3 is 9.88 Å². The Morgan fingerprint density at radius 1 is 1.00 bits per heavy atom. The number of unbranched alkanes of at least 4 members (excludes halogenated alkanes) is 1. The predicted molar refractivity (Wildman–Crippen MR) is 80.9 cm³/mol. The summed E-state index contributed by atoms with van der Waals surface area (Å²) >= 11 is 0. The molecule has 2 aromatic rings. The molecular weight excluding hydrogens is 274 g/mol. The number of aromatic nitrogens is 4. The second kappa shape index (κ2) is 5.55. The minimum Gasteiger partial charge on any atom is -0.365 e. The highest BCUT2D eigenvalue weighted by atomic mass is 16.2. The fourth-order valence-electron chi connectivity index (χ4n) is 2.15. The molecule has 8 heteroatoms. The molecule has 0 unspecified atom stereocenters. The van der Waals surface area contributed by atoms with Crippen LogP contribution < -0.4 is 22.1 Å². The fraction of sp³-hybridized carbons (Fsp3) is 0.538. The van der Waals surface area contributed by atoms with Crippen molar-refractivity contribution < 1.29 is 0 Å². The molecule has 1 N–H and O–H groups in total. The number of hydrogen-bond donors (Lipinski definition) is 1. The SMILES string of the molecule is CCCCNc1nc2c(c(=O)n(C)c(=O)n2C)n(C)c1=O. The van der Waals surface area contributed by atoms with E-state index in [9.17, 15) is 14.4 Å². The first-order valence-corrected chi connectivity index (χ1v) is 6.80. The van der Waals surface area contributed by atoms with Gasteiger partial charge in [0.1, 0.15) is 0 Å². The van der Waals surface area contributed by atoms with E-state index in [-0.39, 0.29) is 22.5 Å². The van der Waals surface area contributed by atoms with Crippen LogP contribution in [-0.2, 0) is 21.1 Å². The number of nitrogens with one attached hydrogen (secondary N) is 1. The maximum atomic E-state index is 12.2. The van der Waals surface area contributed by atoms with Crippen molar-refractivity contribution in [2.45, 2.75) is 19.8 Å². The molecule has 0 atom stereocenters. The van der Waals surface area contributed by atoms with Gasteiger partial charge in [-0.3, -0.25) is 18.7 Å². The van der Waals surface area contributed by atoms with Gasteiger partial charge in [0, 0.05) is 27.7 Å². The third kappa shape index (κ3) is 2.37. The van der Waals surface area contributed by atoms with Crippen LogP contribution in [0.15, 0.2) is 14.4 Å². The number of fused-ring (bicyclic) bond motifs is 1.